The highest BCUT2D eigenvalue weighted by Gasteiger charge is 2.23. The molecule has 0 heterocycles. The van der Waals surface area contributed by atoms with Crippen molar-refractivity contribution < 1.29 is 9.84 Å². The molecule has 3 nitrogen and oxygen atoms in total. The molecule has 2 atom stereocenters. The van der Waals surface area contributed by atoms with E-state index in [2.05, 4.69) is 43.4 Å². The van der Waals surface area contributed by atoms with Crippen molar-refractivity contribution in [2.75, 3.05) is 19.8 Å². The van der Waals surface area contributed by atoms with Crippen molar-refractivity contribution in [1.82, 2.24) is 5.32 Å². The highest BCUT2D eigenvalue weighted by atomic mass is 16.5. The molecule has 0 aromatic heterocycles. The van der Waals surface area contributed by atoms with Crippen molar-refractivity contribution in [2.45, 2.75) is 57.6 Å². The van der Waals surface area contributed by atoms with Gasteiger partial charge in [0.1, 0.15) is 0 Å². The lowest BCUT2D eigenvalue weighted by molar-refractivity contribution is 0.0330. The Morgan fingerprint density at radius 2 is 2.19 bits per heavy atom. The predicted octanol–water partition coefficient (Wildman–Crippen LogP) is 3.22. The van der Waals surface area contributed by atoms with Crippen LogP contribution in [-0.4, -0.2) is 30.4 Å². The lowest BCUT2D eigenvalue weighted by atomic mass is 9.89. The van der Waals surface area contributed by atoms with Crippen LogP contribution < -0.4 is 5.32 Å². The van der Waals surface area contributed by atoms with E-state index in [-0.39, 0.29) is 18.2 Å². The van der Waals surface area contributed by atoms with E-state index in [9.17, 15) is 5.11 Å². The second-order valence-electron chi connectivity index (χ2n) is 6.30. The standard InChI is InChI=1S/C18H29NO2/c1-3-19-18(2,14-20)12-7-13-21-17-11-6-9-15-8-4-5-10-16(15)17/h4-5,8,10,17,19-20H,3,6-7,9,11-14H2,1-2H3. The van der Waals surface area contributed by atoms with Crippen molar-refractivity contribution >= 4 is 0 Å². The van der Waals surface area contributed by atoms with Gasteiger partial charge in [-0.3, -0.25) is 0 Å². The quantitative estimate of drug-likeness (QED) is 0.723. The highest BCUT2D eigenvalue weighted by Crippen LogP contribution is 2.32. The molecular formula is C18H29NO2. The Hall–Kier alpha value is -0.900. The Morgan fingerprint density at radius 3 is 2.95 bits per heavy atom. The molecule has 2 rings (SSSR count). The van der Waals surface area contributed by atoms with E-state index in [0.717, 1.165) is 32.4 Å². The van der Waals surface area contributed by atoms with Crippen molar-refractivity contribution in [1.29, 1.82) is 0 Å². The number of rotatable bonds is 8. The molecule has 0 spiro atoms. The average Bonchev–Trinajstić information content (AvgIpc) is 2.52. The zero-order valence-electron chi connectivity index (χ0n) is 13.4. The van der Waals surface area contributed by atoms with Crippen LogP contribution in [0.15, 0.2) is 24.3 Å². The number of nitrogens with one attached hydrogen (secondary N) is 1. The number of hydrogen-bond acceptors (Lipinski definition) is 3. The zero-order valence-corrected chi connectivity index (χ0v) is 13.4. The van der Waals surface area contributed by atoms with Crippen LogP contribution in [0.2, 0.25) is 0 Å². The van der Waals surface area contributed by atoms with Crippen LogP contribution in [0.3, 0.4) is 0 Å². The van der Waals surface area contributed by atoms with E-state index in [4.69, 9.17) is 4.74 Å². The minimum absolute atomic E-state index is 0.174. The maximum absolute atomic E-state index is 9.49. The summed E-state index contributed by atoms with van der Waals surface area (Å²) in [5, 5.41) is 12.8. The first-order valence-corrected chi connectivity index (χ1v) is 8.24. The van der Waals surface area contributed by atoms with Gasteiger partial charge >= 0.3 is 0 Å². The normalized spacial score (nSPS) is 20.8. The van der Waals surface area contributed by atoms with Crippen LogP contribution >= 0.6 is 0 Å². The van der Waals surface area contributed by atoms with Gasteiger partial charge in [-0.2, -0.15) is 0 Å². The average molecular weight is 291 g/mol. The van der Waals surface area contributed by atoms with E-state index < -0.39 is 0 Å². The Bertz CT molecular complexity index is 435. The molecule has 0 aliphatic heterocycles. The summed E-state index contributed by atoms with van der Waals surface area (Å²) < 4.78 is 6.12. The second kappa shape index (κ2) is 7.92. The Morgan fingerprint density at radius 1 is 1.38 bits per heavy atom. The maximum atomic E-state index is 9.49. The van der Waals surface area contributed by atoms with Crippen molar-refractivity contribution in [2.24, 2.45) is 0 Å². The van der Waals surface area contributed by atoms with Gasteiger partial charge in [-0.25, -0.2) is 0 Å². The summed E-state index contributed by atoms with van der Waals surface area (Å²) in [5.41, 5.74) is 2.64. The molecule has 0 saturated heterocycles. The first-order valence-electron chi connectivity index (χ1n) is 8.24. The highest BCUT2D eigenvalue weighted by molar-refractivity contribution is 5.31. The van der Waals surface area contributed by atoms with Crippen LogP contribution in [0, 0.1) is 0 Å². The SMILES string of the molecule is CCNC(C)(CO)CCCOC1CCCc2ccccc21. The van der Waals surface area contributed by atoms with E-state index in [1.165, 1.54) is 24.0 Å². The number of aryl methyl sites for hydroxylation is 1. The molecule has 118 valence electrons. The molecule has 2 unspecified atom stereocenters. The Labute approximate surface area is 128 Å². The van der Waals surface area contributed by atoms with Gasteiger partial charge in [-0.15, -0.1) is 0 Å². The third-order valence-corrected chi connectivity index (χ3v) is 4.46. The fourth-order valence-corrected chi connectivity index (χ4v) is 3.22. The van der Waals surface area contributed by atoms with Crippen LogP contribution in [0.4, 0.5) is 0 Å². The van der Waals surface area contributed by atoms with E-state index in [0.29, 0.717) is 0 Å². The molecular weight excluding hydrogens is 262 g/mol. The monoisotopic (exact) mass is 291 g/mol. The molecule has 2 N–H and O–H groups in total. The van der Waals surface area contributed by atoms with E-state index >= 15 is 0 Å². The van der Waals surface area contributed by atoms with Crippen molar-refractivity contribution in [3.8, 4) is 0 Å². The Balaban J connectivity index is 1.80. The number of benzene rings is 1. The van der Waals surface area contributed by atoms with Crippen LogP contribution in [-0.2, 0) is 11.2 Å². The molecule has 0 amide bonds. The van der Waals surface area contributed by atoms with Gasteiger partial charge < -0.3 is 15.2 Å². The van der Waals surface area contributed by atoms with E-state index in [1.807, 2.05) is 0 Å². The Kier molecular flexibility index (Phi) is 6.22. The minimum Gasteiger partial charge on any atom is -0.394 e. The number of aliphatic hydroxyl groups excluding tert-OH is 1. The number of fused-ring (bicyclic) bond motifs is 1. The lowest BCUT2D eigenvalue weighted by Crippen LogP contribution is -2.45. The van der Waals surface area contributed by atoms with Crippen molar-refractivity contribution in [3.05, 3.63) is 35.4 Å². The summed E-state index contributed by atoms with van der Waals surface area (Å²) in [7, 11) is 0. The maximum Gasteiger partial charge on any atom is 0.0827 e. The van der Waals surface area contributed by atoms with Crippen LogP contribution in [0.5, 0.6) is 0 Å². The van der Waals surface area contributed by atoms with Gasteiger partial charge in [0, 0.05) is 12.1 Å². The predicted molar refractivity (Wildman–Crippen MR) is 86.5 cm³/mol. The first-order chi connectivity index (χ1) is 10.2. The summed E-state index contributed by atoms with van der Waals surface area (Å²) in [6, 6.07) is 8.65. The van der Waals surface area contributed by atoms with Gasteiger partial charge in [0.25, 0.3) is 0 Å². The molecule has 3 heteroatoms. The molecule has 0 fully saturated rings. The number of hydrogen-bond donors (Lipinski definition) is 2. The molecule has 0 saturated carbocycles. The van der Waals surface area contributed by atoms with Gasteiger partial charge in [0.2, 0.25) is 0 Å². The summed E-state index contributed by atoms with van der Waals surface area (Å²) in [5.74, 6) is 0. The number of ether oxygens (including phenoxy) is 1. The third kappa shape index (κ3) is 4.53. The number of aliphatic hydroxyl groups is 1. The minimum atomic E-state index is -0.178. The molecule has 1 aliphatic carbocycles. The number of likely N-dealkylation sites (N-methyl/N-ethyl adjacent to an activating group) is 1. The van der Waals surface area contributed by atoms with Gasteiger partial charge in [0.15, 0.2) is 0 Å². The fourth-order valence-electron chi connectivity index (χ4n) is 3.22. The molecule has 21 heavy (non-hydrogen) atoms. The summed E-state index contributed by atoms with van der Waals surface area (Å²) >= 11 is 0. The summed E-state index contributed by atoms with van der Waals surface area (Å²) in [4.78, 5) is 0. The summed E-state index contributed by atoms with van der Waals surface area (Å²) in [6.45, 7) is 5.97. The third-order valence-electron chi connectivity index (χ3n) is 4.46. The first kappa shape index (κ1) is 16.5. The molecule has 1 aromatic carbocycles. The molecule has 1 aromatic rings. The smallest absolute Gasteiger partial charge is 0.0827 e. The zero-order chi connectivity index (χ0) is 15.1. The molecule has 1 aliphatic rings. The van der Waals surface area contributed by atoms with E-state index in [1.54, 1.807) is 0 Å². The van der Waals surface area contributed by atoms with Crippen LogP contribution in [0.1, 0.15) is 56.8 Å². The van der Waals surface area contributed by atoms with Gasteiger partial charge in [-0.05, 0) is 56.7 Å². The molecule has 0 bridgehead atoms. The van der Waals surface area contributed by atoms with Crippen LogP contribution in [0.25, 0.3) is 0 Å². The van der Waals surface area contributed by atoms with Gasteiger partial charge in [-0.1, -0.05) is 31.2 Å². The second-order valence-corrected chi connectivity index (χ2v) is 6.30. The topological polar surface area (TPSA) is 41.5 Å². The fraction of sp³-hybridized carbons (Fsp3) is 0.667. The lowest BCUT2D eigenvalue weighted by Gasteiger charge is -2.29. The van der Waals surface area contributed by atoms with Gasteiger partial charge in [0.05, 0.1) is 12.7 Å². The van der Waals surface area contributed by atoms with Crippen molar-refractivity contribution in [3.63, 3.8) is 0 Å². The summed E-state index contributed by atoms with van der Waals surface area (Å²) in [6.07, 6.45) is 5.69. The molecule has 0 radical (unpaired) electrons. The largest absolute Gasteiger partial charge is 0.394 e.